The molecule has 1 fully saturated rings. The minimum absolute atomic E-state index is 0.0469. The average Bonchev–Trinajstić information content (AvgIpc) is 3.26. The number of carbonyl (C=O) groups is 1. The van der Waals surface area contributed by atoms with Crippen molar-refractivity contribution in [3.05, 3.63) is 35.2 Å². The normalized spacial score (nSPS) is 17.2. The molecule has 1 saturated carbocycles. The molecule has 0 atom stereocenters. The summed E-state index contributed by atoms with van der Waals surface area (Å²) >= 11 is 1.52. The summed E-state index contributed by atoms with van der Waals surface area (Å²) < 4.78 is 11.2. The third kappa shape index (κ3) is 3.06. The summed E-state index contributed by atoms with van der Waals surface area (Å²) in [7, 11) is 0. The summed E-state index contributed by atoms with van der Waals surface area (Å²) in [4.78, 5) is 14.2. The fourth-order valence-corrected chi connectivity index (χ4v) is 4.04. The van der Waals surface area contributed by atoms with E-state index in [1.807, 2.05) is 30.3 Å². The van der Waals surface area contributed by atoms with Gasteiger partial charge in [0.2, 0.25) is 0 Å². The molecule has 2 aliphatic rings. The van der Waals surface area contributed by atoms with Gasteiger partial charge in [-0.25, -0.2) is 0 Å². The number of fused-ring (bicyclic) bond motifs is 1. The molecule has 4 rings (SSSR count). The SMILES string of the molecule is O=C(NC1CCCC1)c1ccc(-c2ccc3c(c2)OCCO3)s1. The van der Waals surface area contributed by atoms with E-state index in [-0.39, 0.29) is 5.91 Å². The molecule has 0 saturated heterocycles. The number of rotatable bonds is 3. The lowest BCUT2D eigenvalue weighted by atomic mass is 10.1. The molecule has 1 amide bonds. The molecule has 0 unspecified atom stereocenters. The molecule has 4 nitrogen and oxygen atoms in total. The summed E-state index contributed by atoms with van der Waals surface area (Å²) in [5.74, 6) is 1.61. The minimum atomic E-state index is 0.0469. The van der Waals surface area contributed by atoms with Gasteiger partial charge in [0.05, 0.1) is 4.88 Å². The first-order valence-corrected chi connectivity index (χ1v) is 8.92. The first-order valence-electron chi connectivity index (χ1n) is 8.10. The fraction of sp³-hybridized carbons (Fsp3) is 0.389. The molecule has 23 heavy (non-hydrogen) atoms. The molecule has 5 heteroatoms. The van der Waals surface area contributed by atoms with Crippen LogP contribution in [0, 0.1) is 0 Å². The number of hydrogen-bond acceptors (Lipinski definition) is 4. The Morgan fingerprint density at radius 2 is 1.83 bits per heavy atom. The van der Waals surface area contributed by atoms with Crippen LogP contribution in [0.5, 0.6) is 11.5 Å². The summed E-state index contributed by atoms with van der Waals surface area (Å²) in [5, 5.41) is 3.14. The van der Waals surface area contributed by atoms with E-state index in [1.165, 1.54) is 24.2 Å². The van der Waals surface area contributed by atoms with E-state index in [4.69, 9.17) is 9.47 Å². The van der Waals surface area contributed by atoms with E-state index in [2.05, 4.69) is 5.32 Å². The summed E-state index contributed by atoms with van der Waals surface area (Å²) in [5.41, 5.74) is 1.05. The van der Waals surface area contributed by atoms with Crippen molar-refractivity contribution in [2.75, 3.05) is 13.2 Å². The highest BCUT2D eigenvalue weighted by Crippen LogP contribution is 2.37. The van der Waals surface area contributed by atoms with Crippen LogP contribution in [0.15, 0.2) is 30.3 Å². The van der Waals surface area contributed by atoms with Crippen LogP contribution in [0.4, 0.5) is 0 Å². The van der Waals surface area contributed by atoms with Crippen LogP contribution in [0.25, 0.3) is 10.4 Å². The Bertz CT molecular complexity index is 719. The van der Waals surface area contributed by atoms with Crippen molar-refractivity contribution in [1.29, 1.82) is 0 Å². The highest BCUT2D eigenvalue weighted by atomic mass is 32.1. The lowest BCUT2D eigenvalue weighted by Gasteiger charge is -2.18. The van der Waals surface area contributed by atoms with Crippen LogP contribution in [0.2, 0.25) is 0 Å². The van der Waals surface area contributed by atoms with Gasteiger partial charge in [-0.1, -0.05) is 12.8 Å². The fourth-order valence-electron chi connectivity index (χ4n) is 3.14. The van der Waals surface area contributed by atoms with E-state index < -0.39 is 0 Å². The first-order chi connectivity index (χ1) is 11.3. The van der Waals surface area contributed by atoms with E-state index in [1.54, 1.807) is 0 Å². The van der Waals surface area contributed by atoms with E-state index >= 15 is 0 Å². The Morgan fingerprint density at radius 3 is 2.65 bits per heavy atom. The highest BCUT2D eigenvalue weighted by molar-refractivity contribution is 7.17. The van der Waals surface area contributed by atoms with E-state index in [9.17, 15) is 4.79 Å². The maximum Gasteiger partial charge on any atom is 0.261 e. The van der Waals surface area contributed by atoms with Crippen molar-refractivity contribution >= 4 is 17.2 Å². The van der Waals surface area contributed by atoms with Crippen molar-refractivity contribution < 1.29 is 14.3 Å². The van der Waals surface area contributed by atoms with Crippen LogP contribution in [-0.2, 0) is 0 Å². The number of carbonyl (C=O) groups excluding carboxylic acids is 1. The van der Waals surface area contributed by atoms with Gasteiger partial charge in [0.1, 0.15) is 13.2 Å². The Morgan fingerprint density at radius 1 is 1.04 bits per heavy atom. The number of nitrogens with one attached hydrogen (secondary N) is 1. The molecule has 0 bridgehead atoms. The first kappa shape index (κ1) is 14.6. The Hall–Kier alpha value is -2.01. The van der Waals surface area contributed by atoms with Crippen LogP contribution < -0.4 is 14.8 Å². The molecule has 120 valence electrons. The van der Waals surface area contributed by atoms with Crippen molar-refractivity contribution in [3.8, 4) is 21.9 Å². The van der Waals surface area contributed by atoms with Gasteiger partial charge >= 0.3 is 0 Å². The lowest BCUT2D eigenvalue weighted by Crippen LogP contribution is -2.31. The second-order valence-electron chi connectivity index (χ2n) is 5.98. The third-order valence-electron chi connectivity index (χ3n) is 4.35. The highest BCUT2D eigenvalue weighted by Gasteiger charge is 2.19. The van der Waals surface area contributed by atoms with Gasteiger partial charge in [-0.15, -0.1) is 11.3 Å². The van der Waals surface area contributed by atoms with Crippen molar-refractivity contribution in [2.24, 2.45) is 0 Å². The van der Waals surface area contributed by atoms with Gasteiger partial charge in [-0.3, -0.25) is 4.79 Å². The predicted octanol–water partition coefficient (Wildman–Crippen LogP) is 3.86. The largest absolute Gasteiger partial charge is 0.486 e. The zero-order valence-corrected chi connectivity index (χ0v) is 13.7. The standard InChI is InChI=1S/C18H19NO3S/c20-18(19-13-3-1-2-4-13)17-8-7-16(23-17)12-5-6-14-15(11-12)22-10-9-21-14/h5-8,11,13H,1-4,9-10H2,(H,19,20). The number of benzene rings is 1. The van der Waals surface area contributed by atoms with Crippen LogP contribution in [0.1, 0.15) is 35.4 Å². The molecular formula is C18H19NO3S. The Balaban J connectivity index is 1.52. The molecule has 1 aliphatic carbocycles. The summed E-state index contributed by atoms with van der Waals surface area (Å²) in [6.07, 6.45) is 4.65. The lowest BCUT2D eigenvalue weighted by molar-refractivity contribution is 0.0942. The summed E-state index contributed by atoms with van der Waals surface area (Å²) in [6.45, 7) is 1.17. The van der Waals surface area contributed by atoms with Gasteiger partial charge in [-0.05, 0) is 48.7 Å². The maximum atomic E-state index is 12.3. The molecule has 0 radical (unpaired) electrons. The molecular weight excluding hydrogens is 310 g/mol. The van der Waals surface area contributed by atoms with Gasteiger partial charge in [0, 0.05) is 10.9 Å². The zero-order valence-electron chi connectivity index (χ0n) is 12.8. The molecule has 1 aliphatic heterocycles. The van der Waals surface area contributed by atoms with Gasteiger partial charge in [-0.2, -0.15) is 0 Å². The number of amides is 1. The predicted molar refractivity (Wildman–Crippen MR) is 90.5 cm³/mol. The van der Waals surface area contributed by atoms with Crippen molar-refractivity contribution in [1.82, 2.24) is 5.32 Å². The third-order valence-corrected chi connectivity index (χ3v) is 5.48. The van der Waals surface area contributed by atoms with Crippen molar-refractivity contribution in [3.63, 3.8) is 0 Å². The molecule has 0 spiro atoms. The van der Waals surface area contributed by atoms with Crippen LogP contribution in [0.3, 0.4) is 0 Å². The molecule has 1 aromatic carbocycles. The second kappa shape index (κ2) is 6.24. The molecule has 1 aromatic heterocycles. The van der Waals surface area contributed by atoms with Gasteiger partial charge < -0.3 is 14.8 Å². The smallest absolute Gasteiger partial charge is 0.261 e. The minimum Gasteiger partial charge on any atom is -0.486 e. The Kier molecular flexibility index (Phi) is 3.95. The molecule has 2 aromatic rings. The van der Waals surface area contributed by atoms with Crippen LogP contribution >= 0.6 is 11.3 Å². The monoisotopic (exact) mass is 329 g/mol. The topological polar surface area (TPSA) is 47.6 Å². The number of ether oxygens (including phenoxy) is 2. The average molecular weight is 329 g/mol. The summed E-state index contributed by atoms with van der Waals surface area (Å²) in [6, 6.07) is 10.2. The van der Waals surface area contributed by atoms with Gasteiger partial charge in [0.15, 0.2) is 11.5 Å². The second-order valence-corrected chi connectivity index (χ2v) is 7.06. The van der Waals surface area contributed by atoms with E-state index in [0.717, 1.165) is 39.7 Å². The van der Waals surface area contributed by atoms with Gasteiger partial charge in [0.25, 0.3) is 5.91 Å². The molecule has 1 N–H and O–H groups in total. The zero-order chi connectivity index (χ0) is 15.6. The van der Waals surface area contributed by atoms with E-state index in [0.29, 0.717) is 19.3 Å². The van der Waals surface area contributed by atoms with Crippen LogP contribution in [-0.4, -0.2) is 25.2 Å². The maximum absolute atomic E-state index is 12.3. The quantitative estimate of drug-likeness (QED) is 0.930. The number of thiophene rings is 1. The number of hydrogen-bond donors (Lipinski definition) is 1. The van der Waals surface area contributed by atoms with Crippen molar-refractivity contribution in [2.45, 2.75) is 31.7 Å². The Labute approximate surface area is 139 Å². The molecule has 2 heterocycles.